The molecule has 0 spiro atoms. The summed E-state index contributed by atoms with van der Waals surface area (Å²) in [7, 11) is 0. The van der Waals surface area contributed by atoms with E-state index in [1.165, 1.54) is 29.9 Å². The maximum absolute atomic E-state index is 12.5. The quantitative estimate of drug-likeness (QED) is 0.785. The monoisotopic (exact) mass is 349 g/mol. The third-order valence-electron chi connectivity index (χ3n) is 4.54. The van der Waals surface area contributed by atoms with Crippen molar-refractivity contribution in [2.24, 2.45) is 0 Å². The Morgan fingerprint density at radius 3 is 2.62 bits per heavy atom. The van der Waals surface area contributed by atoms with Crippen LogP contribution in [0.25, 0.3) is 5.65 Å². The third-order valence-corrected chi connectivity index (χ3v) is 4.54. The number of anilines is 2. The molecule has 1 amide bonds. The second-order valence-electron chi connectivity index (χ2n) is 6.31. The van der Waals surface area contributed by atoms with Crippen molar-refractivity contribution in [3.63, 3.8) is 0 Å². The molecule has 3 aromatic heterocycles. The predicted molar refractivity (Wildman–Crippen MR) is 99.7 cm³/mol. The van der Waals surface area contributed by atoms with Crippen molar-refractivity contribution in [2.75, 3.05) is 23.3 Å². The molecule has 1 saturated heterocycles. The Kier molecular flexibility index (Phi) is 4.35. The molecule has 7 heteroatoms. The number of nitrogens with zero attached hydrogens (tertiary/aromatic N) is 4. The van der Waals surface area contributed by atoms with Crippen molar-refractivity contribution in [2.45, 2.75) is 19.3 Å². The summed E-state index contributed by atoms with van der Waals surface area (Å²) in [4.78, 5) is 35.8. The molecule has 0 saturated carbocycles. The molecular weight excluding hydrogens is 330 g/mol. The maximum atomic E-state index is 12.5. The van der Waals surface area contributed by atoms with Crippen molar-refractivity contribution < 1.29 is 4.79 Å². The number of piperidine rings is 1. The van der Waals surface area contributed by atoms with Crippen molar-refractivity contribution in [1.82, 2.24) is 14.4 Å². The molecule has 1 fully saturated rings. The van der Waals surface area contributed by atoms with E-state index in [2.05, 4.69) is 20.2 Å². The molecule has 1 aliphatic heterocycles. The van der Waals surface area contributed by atoms with E-state index in [1.54, 1.807) is 36.7 Å². The fraction of sp³-hybridized carbons (Fsp3) is 0.263. The van der Waals surface area contributed by atoms with E-state index in [-0.39, 0.29) is 5.56 Å². The first-order valence-corrected chi connectivity index (χ1v) is 8.71. The van der Waals surface area contributed by atoms with Gasteiger partial charge in [-0.3, -0.25) is 14.0 Å². The van der Waals surface area contributed by atoms with Gasteiger partial charge in [-0.2, -0.15) is 0 Å². The second-order valence-corrected chi connectivity index (χ2v) is 6.31. The number of hydrogen-bond donors (Lipinski definition) is 1. The number of aromatic nitrogens is 3. The molecule has 132 valence electrons. The highest BCUT2D eigenvalue weighted by Crippen LogP contribution is 2.19. The predicted octanol–water partition coefficient (Wildman–Crippen LogP) is 2.33. The smallest absolute Gasteiger partial charge is 0.270 e. The Labute approximate surface area is 150 Å². The minimum absolute atomic E-state index is 0.00573. The lowest BCUT2D eigenvalue weighted by Gasteiger charge is -2.27. The highest BCUT2D eigenvalue weighted by atomic mass is 16.2. The fourth-order valence-electron chi connectivity index (χ4n) is 3.15. The van der Waals surface area contributed by atoms with E-state index >= 15 is 0 Å². The zero-order chi connectivity index (χ0) is 17.9. The van der Waals surface area contributed by atoms with Gasteiger partial charge in [0.25, 0.3) is 11.5 Å². The zero-order valence-corrected chi connectivity index (χ0v) is 14.3. The van der Waals surface area contributed by atoms with E-state index < -0.39 is 11.5 Å². The summed E-state index contributed by atoms with van der Waals surface area (Å²) in [6.07, 6.45) is 8.14. The lowest BCUT2D eigenvalue weighted by molar-refractivity contribution is 0.102. The molecule has 0 aromatic carbocycles. The van der Waals surface area contributed by atoms with Gasteiger partial charge in [0.1, 0.15) is 17.0 Å². The van der Waals surface area contributed by atoms with Crippen LogP contribution in [0.15, 0.2) is 53.7 Å². The standard InChI is InChI=1S/C19H19N5O2/c25-18(15-13-21-17-6-2-5-11-24(17)19(15)26)22-14-7-8-16(20-12-14)23-9-3-1-4-10-23/h2,5-8,11-13H,1,3-4,9-10H2,(H,22,25). The molecular formula is C19H19N5O2. The van der Waals surface area contributed by atoms with Gasteiger partial charge >= 0.3 is 0 Å². The number of rotatable bonds is 3. The largest absolute Gasteiger partial charge is 0.357 e. The van der Waals surface area contributed by atoms with Crippen LogP contribution in [0.1, 0.15) is 29.6 Å². The van der Waals surface area contributed by atoms with Crippen LogP contribution < -0.4 is 15.8 Å². The van der Waals surface area contributed by atoms with E-state index in [0.717, 1.165) is 18.9 Å². The average Bonchev–Trinajstić information content (AvgIpc) is 2.69. The Balaban J connectivity index is 1.53. The molecule has 3 aromatic rings. The van der Waals surface area contributed by atoms with E-state index in [1.807, 2.05) is 6.07 Å². The number of nitrogens with one attached hydrogen (secondary N) is 1. The minimum Gasteiger partial charge on any atom is -0.357 e. The lowest BCUT2D eigenvalue weighted by atomic mass is 10.1. The molecule has 26 heavy (non-hydrogen) atoms. The van der Waals surface area contributed by atoms with Crippen LogP contribution in [0.2, 0.25) is 0 Å². The number of fused-ring (bicyclic) bond motifs is 1. The van der Waals surface area contributed by atoms with E-state index in [4.69, 9.17) is 0 Å². The van der Waals surface area contributed by atoms with Gasteiger partial charge in [-0.05, 0) is 43.5 Å². The number of carbonyl (C=O) groups is 1. The molecule has 0 bridgehead atoms. The summed E-state index contributed by atoms with van der Waals surface area (Å²) in [6.45, 7) is 2.02. The van der Waals surface area contributed by atoms with Crippen LogP contribution in [0, 0.1) is 0 Å². The summed E-state index contributed by atoms with van der Waals surface area (Å²) in [6, 6.07) is 8.93. The van der Waals surface area contributed by atoms with Crippen LogP contribution >= 0.6 is 0 Å². The van der Waals surface area contributed by atoms with Gasteiger partial charge in [0.05, 0.1) is 11.9 Å². The SMILES string of the molecule is O=C(Nc1ccc(N2CCCCC2)nc1)c1cnc2ccccn2c1=O. The fourth-order valence-corrected chi connectivity index (χ4v) is 3.15. The van der Waals surface area contributed by atoms with Crippen molar-refractivity contribution in [3.8, 4) is 0 Å². The van der Waals surface area contributed by atoms with Crippen LogP contribution in [0.4, 0.5) is 11.5 Å². The van der Waals surface area contributed by atoms with E-state index in [9.17, 15) is 9.59 Å². The van der Waals surface area contributed by atoms with Crippen LogP contribution in [-0.2, 0) is 0 Å². The van der Waals surface area contributed by atoms with Gasteiger partial charge in [0, 0.05) is 25.5 Å². The van der Waals surface area contributed by atoms with Gasteiger partial charge in [-0.15, -0.1) is 0 Å². The molecule has 4 heterocycles. The molecule has 0 aliphatic carbocycles. The number of amides is 1. The highest BCUT2D eigenvalue weighted by molar-refractivity contribution is 6.03. The van der Waals surface area contributed by atoms with Crippen LogP contribution in [-0.4, -0.2) is 33.4 Å². The normalized spacial score (nSPS) is 14.4. The Morgan fingerprint density at radius 2 is 1.85 bits per heavy atom. The lowest BCUT2D eigenvalue weighted by Crippen LogP contribution is -2.30. The zero-order valence-electron chi connectivity index (χ0n) is 14.3. The number of pyridine rings is 2. The van der Waals surface area contributed by atoms with Crippen molar-refractivity contribution in [1.29, 1.82) is 0 Å². The Morgan fingerprint density at radius 1 is 1.00 bits per heavy atom. The summed E-state index contributed by atoms with van der Waals surface area (Å²) >= 11 is 0. The van der Waals surface area contributed by atoms with Crippen molar-refractivity contribution in [3.05, 3.63) is 64.8 Å². The molecule has 0 unspecified atom stereocenters. The van der Waals surface area contributed by atoms with Crippen LogP contribution in [0.3, 0.4) is 0 Å². The van der Waals surface area contributed by atoms with Gasteiger partial charge in [-0.25, -0.2) is 9.97 Å². The summed E-state index contributed by atoms with van der Waals surface area (Å²) in [5.74, 6) is 0.420. The van der Waals surface area contributed by atoms with Gasteiger partial charge in [-0.1, -0.05) is 6.07 Å². The topological polar surface area (TPSA) is 79.6 Å². The van der Waals surface area contributed by atoms with Crippen molar-refractivity contribution >= 4 is 23.1 Å². The summed E-state index contributed by atoms with van der Waals surface area (Å²) in [5, 5.41) is 2.72. The first-order chi connectivity index (χ1) is 12.7. The highest BCUT2D eigenvalue weighted by Gasteiger charge is 2.15. The van der Waals surface area contributed by atoms with Gasteiger partial charge in [0.15, 0.2) is 0 Å². The molecule has 0 atom stereocenters. The van der Waals surface area contributed by atoms with Crippen LogP contribution in [0.5, 0.6) is 0 Å². The average molecular weight is 349 g/mol. The maximum Gasteiger partial charge on any atom is 0.270 e. The van der Waals surface area contributed by atoms with Gasteiger partial charge in [0.2, 0.25) is 0 Å². The Hall–Kier alpha value is -3.22. The third kappa shape index (κ3) is 3.15. The van der Waals surface area contributed by atoms with Gasteiger partial charge < -0.3 is 10.2 Å². The second kappa shape index (κ2) is 6.95. The first kappa shape index (κ1) is 16.3. The molecule has 7 nitrogen and oxygen atoms in total. The molecule has 1 aliphatic rings. The minimum atomic E-state index is -0.492. The first-order valence-electron chi connectivity index (χ1n) is 8.71. The summed E-state index contributed by atoms with van der Waals surface area (Å²) < 4.78 is 1.35. The number of hydrogen-bond acceptors (Lipinski definition) is 5. The number of carbonyl (C=O) groups excluding carboxylic acids is 1. The molecule has 4 rings (SSSR count). The Bertz CT molecular complexity index is 991. The molecule has 0 radical (unpaired) electrons. The molecule has 1 N–H and O–H groups in total. The van der Waals surface area contributed by atoms with E-state index in [0.29, 0.717) is 11.3 Å². The summed E-state index contributed by atoms with van der Waals surface area (Å²) in [5.41, 5.74) is 0.648.